The molecule has 0 spiro atoms. The van der Waals surface area contributed by atoms with Crippen molar-refractivity contribution < 1.29 is 14.6 Å². The number of anilines is 2. The number of nitrogens with one attached hydrogen (secondary N) is 3. The second-order valence-corrected chi connectivity index (χ2v) is 9.75. The van der Waals surface area contributed by atoms with E-state index in [-0.39, 0.29) is 23.7 Å². The lowest BCUT2D eigenvalue weighted by Crippen LogP contribution is -2.36. The summed E-state index contributed by atoms with van der Waals surface area (Å²) in [6, 6.07) is 3.78. The molecule has 2 aliphatic carbocycles. The average Bonchev–Trinajstić information content (AvgIpc) is 3.17. The summed E-state index contributed by atoms with van der Waals surface area (Å²) in [5, 5.41) is 28.4. The highest BCUT2D eigenvalue weighted by molar-refractivity contribution is 5.72. The largest absolute Gasteiger partial charge is 0.446 e. The molecule has 3 aromatic rings. The van der Waals surface area contributed by atoms with Crippen LogP contribution < -0.4 is 10.6 Å². The van der Waals surface area contributed by atoms with Crippen LogP contribution in [0.25, 0.3) is 5.52 Å². The van der Waals surface area contributed by atoms with E-state index < -0.39 is 5.60 Å². The standard InChI is InChI=1S/C22H29N7O3/c1-21(2,31)17-12-16-19(23-8-9-29(16)28-17)24-18-11-15(26-27-18)13-4-5-14(10-13)32-20(30)25-22(3)6-7-22/h8-9,11-14,31H,4-7,10H2,1-3H3,(H,25,30)(H2,23,24,26,27). The van der Waals surface area contributed by atoms with E-state index in [1.54, 1.807) is 30.8 Å². The van der Waals surface area contributed by atoms with Crippen molar-refractivity contribution in [3.8, 4) is 0 Å². The van der Waals surface area contributed by atoms with E-state index in [1.807, 2.05) is 19.1 Å². The van der Waals surface area contributed by atoms with Crippen molar-refractivity contribution in [3.63, 3.8) is 0 Å². The molecule has 170 valence electrons. The Labute approximate surface area is 185 Å². The van der Waals surface area contributed by atoms with Gasteiger partial charge in [-0.25, -0.2) is 14.3 Å². The zero-order valence-corrected chi connectivity index (χ0v) is 18.6. The van der Waals surface area contributed by atoms with Crippen molar-refractivity contribution >= 4 is 23.2 Å². The number of fused-ring (bicyclic) bond motifs is 1. The van der Waals surface area contributed by atoms with Gasteiger partial charge in [-0.3, -0.25) is 5.10 Å². The Kier molecular flexibility index (Phi) is 4.85. The van der Waals surface area contributed by atoms with Gasteiger partial charge in [0, 0.05) is 35.6 Å². The summed E-state index contributed by atoms with van der Waals surface area (Å²) in [4.78, 5) is 16.5. The maximum Gasteiger partial charge on any atom is 0.407 e. The number of alkyl carbamates (subject to hydrolysis) is 1. The number of aliphatic hydroxyl groups is 1. The van der Waals surface area contributed by atoms with Crippen LogP contribution in [0.4, 0.5) is 16.4 Å². The van der Waals surface area contributed by atoms with Crippen LogP contribution in [0.1, 0.15) is 70.2 Å². The van der Waals surface area contributed by atoms with Crippen molar-refractivity contribution in [2.45, 2.75) is 76.0 Å². The molecule has 3 heterocycles. The minimum absolute atomic E-state index is 0.0703. The molecule has 4 N–H and O–H groups in total. The van der Waals surface area contributed by atoms with E-state index in [2.05, 4.69) is 30.9 Å². The third-order valence-corrected chi connectivity index (χ3v) is 6.36. The molecule has 5 rings (SSSR count). The molecule has 1 amide bonds. The van der Waals surface area contributed by atoms with Crippen molar-refractivity contribution in [1.29, 1.82) is 0 Å². The van der Waals surface area contributed by atoms with Crippen molar-refractivity contribution in [2.24, 2.45) is 0 Å². The Balaban J connectivity index is 1.24. The molecule has 0 aliphatic heterocycles. The molecular formula is C22H29N7O3. The van der Waals surface area contributed by atoms with E-state index in [1.165, 1.54) is 0 Å². The number of nitrogens with zero attached hydrogens (tertiary/aromatic N) is 4. The molecule has 0 bridgehead atoms. The fourth-order valence-corrected chi connectivity index (χ4v) is 4.12. The summed E-state index contributed by atoms with van der Waals surface area (Å²) in [6.07, 6.45) is 7.57. The van der Waals surface area contributed by atoms with Gasteiger partial charge in [0.2, 0.25) is 0 Å². The van der Waals surface area contributed by atoms with Crippen LogP contribution in [0.3, 0.4) is 0 Å². The number of rotatable bonds is 6. The molecule has 10 heteroatoms. The van der Waals surface area contributed by atoms with Crippen LogP contribution in [0, 0.1) is 0 Å². The van der Waals surface area contributed by atoms with E-state index in [9.17, 15) is 9.90 Å². The van der Waals surface area contributed by atoms with Gasteiger partial charge in [-0.1, -0.05) is 0 Å². The topological polar surface area (TPSA) is 129 Å². The number of carbonyl (C=O) groups excluding carboxylic acids is 1. The van der Waals surface area contributed by atoms with Gasteiger partial charge in [-0.15, -0.1) is 0 Å². The molecule has 2 atom stereocenters. The van der Waals surface area contributed by atoms with Gasteiger partial charge in [0.25, 0.3) is 0 Å². The summed E-state index contributed by atoms with van der Waals surface area (Å²) in [5.41, 5.74) is 1.20. The second kappa shape index (κ2) is 7.47. The quantitative estimate of drug-likeness (QED) is 0.463. The fraction of sp³-hybridized carbons (Fsp3) is 0.545. The van der Waals surface area contributed by atoms with Crippen molar-refractivity contribution in [3.05, 3.63) is 35.9 Å². The third kappa shape index (κ3) is 4.27. The SMILES string of the molecule is CC1(NC(=O)OC2CCC(c3cc(Nc4nccn5nc(C(C)(C)O)cc45)n[nH]3)C2)CC1. The van der Waals surface area contributed by atoms with Crippen molar-refractivity contribution in [2.75, 3.05) is 5.32 Å². The number of carbonyl (C=O) groups is 1. The van der Waals surface area contributed by atoms with Crippen LogP contribution in [-0.2, 0) is 10.3 Å². The predicted octanol–water partition coefficient (Wildman–Crippen LogP) is 3.34. The van der Waals surface area contributed by atoms with Gasteiger partial charge < -0.3 is 20.5 Å². The van der Waals surface area contributed by atoms with Gasteiger partial charge in [0.15, 0.2) is 11.6 Å². The lowest BCUT2D eigenvalue weighted by atomic mass is 10.0. The zero-order chi connectivity index (χ0) is 22.5. The minimum atomic E-state index is -1.04. The number of amides is 1. The molecule has 2 saturated carbocycles. The van der Waals surface area contributed by atoms with Crippen LogP contribution >= 0.6 is 0 Å². The van der Waals surface area contributed by atoms with Crippen molar-refractivity contribution in [1.82, 2.24) is 30.1 Å². The maximum atomic E-state index is 12.1. The van der Waals surface area contributed by atoms with Crippen LogP contribution in [0.15, 0.2) is 24.5 Å². The van der Waals surface area contributed by atoms with Gasteiger partial charge >= 0.3 is 6.09 Å². The molecule has 2 fully saturated rings. The van der Waals surface area contributed by atoms with Gasteiger partial charge in [0.05, 0.1) is 5.69 Å². The monoisotopic (exact) mass is 439 g/mol. The normalized spacial score (nSPS) is 22.1. The molecule has 10 nitrogen and oxygen atoms in total. The number of ether oxygens (including phenoxy) is 1. The Morgan fingerprint density at radius 1 is 1.34 bits per heavy atom. The van der Waals surface area contributed by atoms with Crippen LogP contribution in [0.2, 0.25) is 0 Å². The third-order valence-electron chi connectivity index (χ3n) is 6.36. The number of hydrogen-bond donors (Lipinski definition) is 4. The Bertz CT molecular complexity index is 1140. The second-order valence-electron chi connectivity index (χ2n) is 9.75. The van der Waals surface area contributed by atoms with E-state index in [0.29, 0.717) is 17.3 Å². The van der Waals surface area contributed by atoms with E-state index in [4.69, 9.17) is 4.74 Å². The Hall–Kier alpha value is -3.14. The summed E-state index contributed by atoms with van der Waals surface area (Å²) in [6.45, 7) is 5.43. The number of aromatic nitrogens is 5. The van der Waals surface area contributed by atoms with Crippen LogP contribution in [0.5, 0.6) is 0 Å². The predicted molar refractivity (Wildman–Crippen MR) is 118 cm³/mol. The molecule has 0 aromatic carbocycles. The first-order valence-corrected chi connectivity index (χ1v) is 11.1. The van der Waals surface area contributed by atoms with Gasteiger partial charge in [0.1, 0.15) is 17.2 Å². The zero-order valence-electron chi connectivity index (χ0n) is 18.6. The average molecular weight is 440 g/mol. The van der Waals surface area contributed by atoms with Gasteiger partial charge in [-0.2, -0.15) is 10.2 Å². The fourth-order valence-electron chi connectivity index (χ4n) is 4.12. The summed E-state index contributed by atoms with van der Waals surface area (Å²) in [5.74, 6) is 1.51. The summed E-state index contributed by atoms with van der Waals surface area (Å²) < 4.78 is 7.30. The first-order chi connectivity index (χ1) is 15.2. The molecule has 2 aliphatic rings. The highest BCUT2D eigenvalue weighted by Gasteiger charge is 2.40. The lowest BCUT2D eigenvalue weighted by molar-refractivity contribution is 0.0735. The van der Waals surface area contributed by atoms with E-state index in [0.717, 1.165) is 43.3 Å². The maximum absolute atomic E-state index is 12.1. The van der Waals surface area contributed by atoms with Gasteiger partial charge in [-0.05, 0) is 58.9 Å². The smallest absolute Gasteiger partial charge is 0.407 e. The Morgan fingerprint density at radius 2 is 2.16 bits per heavy atom. The molecule has 0 radical (unpaired) electrons. The number of hydrogen-bond acceptors (Lipinski definition) is 7. The summed E-state index contributed by atoms with van der Waals surface area (Å²) in [7, 11) is 0. The molecule has 3 aromatic heterocycles. The van der Waals surface area contributed by atoms with Crippen LogP contribution in [-0.4, -0.2) is 47.6 Å². The number of aromatic amines is 1. The number of H-pyrrole nitrogens is 1. The highest BCUT2D eigenvalue weighted by atomic mass is 16.6. The molecule has 0 saturated heterocycles. The molecule has 2 unspecified atom stereocenters. The first kappa shape index (κ1) is 20.7. The molecular weight excluding hydrogens is 410 g/mol. The van der Waals surface area contributed by atoms with E-state index >= 15 is 0 Å². The Morgan fingerprint density at radius 3 is 2.91 bits per heavy atom. The summed E-state index contributed by atoms with van der Waals surface area (Å²) >= 11 is 0. The first-order valence-electron chi connectivity index (χ1n) is 11.1. The highest BCUT2D eigenvalue weighted by Crippen LogP contribution is 2.37. The minimum Gasteiger partial charge on any atom is -0.446 e. The molecule has 32 heavy (non-hydrogen) atoms. The lowest BCUT2D eigenvalue weighted by Gasteiger charge is -2.16.